The van der Waals surface area contributed by atoms with Gasteiger partial charge >= 0.3 is 0 Å². The summed E-state index contributed by atoms with van der Waals surface area (Å²) < 4.78 is 5.94. The molecule has 1 unspecified atom stereocenters. The standard InChI is InChI=1S/C38H53N3O3/c1-27(2)23-34(41(9)25-29-15-19-31(20-16-29)37(3,4)5)36(43)39-33(35(42)40-38(6,7)8)24-28-17-21-32(22-18-28)44-26-30-13-11-10-12-14-30/h10-22,27,33-34H,23-26H2,1-9H3,(H,39,43)(H,40,42)/t33-,34?/m0/s1. The molecule has 0 saturated carbocycles. The molecule has 0 fully saturated rings. The summed E-state index contributed by atoms with van der Waals surface area (Å²) in [5.41, 5.74) is 4.13. The van der Waals surface area contributed by atoms with Gasteiger partial charge in [-0.15, -0.1) is 0 Å². The van der Waals surface area contributed by atoms with E-state index in [0.717, 1.165) is 22.4 Å². The summed E-state index contributed by atoms with van der Waals surface area (Å²) in [5, 5.41) is 6.20. The zero-order chi connectivity index (χ0) is 32.5. The van der Waals surface area contributed by atoms with Crippen LogP contribution in [0.5, 0.6) is 5.75 Å². The Morgan fingerprint density at radius 2 is 1.36 bits per heavy atom. The zero-order valence-electron chi connectivity index (χ0n) is 28.2. The molecule has 44 heavy (non-hydrogen) atoms. The third-order valence-corrected chi connectivity index (χ3v) is 7.52. The minimum absolute atomic E-state index is 0.0860. The summed E-state index contributed by atoms with van der Waals surface area (Å²) in [6.45, 7) is 17.8. The lowest BCUT2D eigenvalue weighted by molar-refractivity contribution is -0.132. The van der Waals surface area contributed by atoms with E-state index in [4.69, 9.17) is 4.74 Å². The van der Waals surface area contributed by atoms with Gasteiger partial charge in [-0.05, 0) is 80.0 Å². The maximum absolute atomic E-state index is 13.9. The van der Waals surface area contributed by atoms with Gasteiger partial charge in [-0.1, -0.05) is 101 Å². The molecule has 3 aromatic carbocycles. The third-order valence-electron chi connectivity index (χ3n) is 7.52. The molecule has 0 aliphatic rings. The molecule has 6 nitrogen and oxygen atoms in total. The molecule has 238 valence electrons. The number of rotatable bonds is 13. The van der Waals surface area contributed by atoms with Crippen molar-refractivity contribution < 1.29 is 14.3 Å². The van der Waals surface area contributed by atoms with Crippen LogP contribution in [0.25, 0.3) is 0 Å². The van der Waals surface area contributed by atoms with Crippen molar-refractivity contribution in [1.82, 2.24) is 15.5 Å². The van der Waals surface area contributed by atoms with Crippen LogP contribution in [-0.4, -0.2) is 41.4 Å². The van der Waals surface area contributed by atoms with Crippen molar-refractivity contribution in [3.8, 4) is 5.75 Å². The van der Waals surface area contributed by atoms with Crippen LogP contribution in [-0.2, 0) is 34.6 Å². The van der Waals surface area contributed by atoms with E-state index in [9.17, 15) is 9.59 Å². The zero-order valence-corrected chi connectivity index (χ0v) is 28.2. The Morgan fingerprint density at radius 3 is 1.91 bits per heavy atom. The number of hydrogen-bond donors (Lipinski definition) is 2. The lowest BCUT2D eigenvalue weighted by atomic mass is 9.86. The molecule has 2 amide bonds. The van der Waals surface area contributed by atoms with Crippen LogP contribution in [0.2, 0.25) is 0 Å². The molecule has 0 aromatic heterocycles. The SMILES string of the molecule is CC(C)CC(C(=O)N[C@@H](Cc1ccc(OCc2ccccc2)cc1)C(=O)NC(C)(C)C)N(C)Cc1ccc(C(C)(C)C)cc1. The number of ether oxygens (including phenoxy) is 1. The number of carbonyl (C=O) groups is 2. The van der Waals surface area contributed by atoms with Gasteiger partial charge in [0, 0.05) is 18.5 Å². The van der Waals surface area contributed by atoms with Crippen molar-refractivity contribution in [2.24, 2.45) is 5.92 Å². The van der Waals surface area contributed by atoms with Gasteiger partial charge in [0.05, 0.1) is 6.04 Å². The van der Waals surface area contributed by atoms with Crippen LogP contribution >= 0.6 is 0 Å². The molecule has 2 N–H and O–H groups in total. The van der Waals surface area contributed by atoms with Crippen molar-refractivity contribution in [1.29, 1.82) is 0 Å². The predicted molar refractivity (Wildman–Crippen MR) is 181 cm³/mol. The molecule has 0 spiro atoms. The van der Waals surface area contributed by atoms with Crippen LogP contribution < -0.4 is 15.4 Å². The molecule has 0 bridgehead atoms. The van der Waals surface area contributed by atoms with E-state index in [1.165, 1.54) is 5.56 Å². The van der Waals surface area contributed by atoms with Gasteiger partial charge in [0.1, 0.15) is 18.4 Å². The fraction of sp³-hybridized carbons (Fsp3) is 0.474. The van der Waals surface area contributed by atoms with Gasteiger partial charge in [-0.2, -0.15) is 0 Å². The number of hydrogen-bond acceptors (Lipinski definition) is 4. The maximum atomic E-state index is 13.9. The Balaban J connectivity index is 1.74. The van der Waals surface area contributed by atoms with Crippen molar-refractivity contribution in [3.05, 3.63) is 101 Å². The molecule has 0 heterocycles. The maximum Gasteiger partial charge on any atom is 0.243 e. The lowest BCUT2D eigenvalue weighted by Gasteiger charge is -2.31. The van der Waals surface area contributed by atoms with Gasteiger partial charge in [-0.25, -0.2) is 0 Å². The van der Waals surface area contributed by atoms with E-state index < -0.39 is 11.6 Å². The molecule has 0 aliphatic heterocycles. The number of amides is 2. The average molecular weight is 600 g/mol. The molecular formula is C38H53N3O3. The topological polar surface area (TPSA) is 70.7 Å². The second-order valence-electron chi connectivity index (χ2n) is 14.4. The first-order valence-corrected chi connectivity index (χ1v) is 15.8. The van der Waals surface area contributed by atoms with Crippen LogP contribution in [0, 0.1) is 5.92 Å². The molecule has 0 radical (unpaired) electrons. The van der Waals surface area contributed by atoms with Gasteiger partial charge in [0.15, 0.2) is 0 Å². The van der Waals surface area contributed by atoms with Gasteiger partial charge in [0.25, 0.3) is 0 Å². The van der Waals surface area contributed by atoms with Gasteiger partial charge in [0.2, 0.25) is 11.8 Å². The lowest BCUT2D eigenvalue weighted by Crippen LogP contribution is -2.56. The summed E-state index contributed by atoms with van der Waals surface area (Å²) in [6.07, 6.45) is 1.06. The van der Waals surface area contributed by atoms with E-state index in [-0.39, 0.29) is 23.3 Å². The highest BCUT2D eigenvalue weighted by Gasteiger charge is 2.30. The fourth-order valence-corrected chi connectivity index (χ4v) is 5.07. The second kappa shape index (κ2) is 15.4. The van der Waals surface area contributed by atoms with Crippen molar-refractivity contribution in [3.63, 3.8) is 0 Å². The molecule has 3 aromatic rings. The first-order valence-electron chi connectivity index (χ1n) is 15.8. The van der Waals surface area contributed by atoms with Crippen LogP contribution in [0.15, 0.2) is 78.9 Å². The molecule has 6 heteroatoms. The quantitative estimate of drug-likeness (QED) is 0.221. The number of benzene rings is 3. The van der Waals surface area contributed by atoms with E-state index in [0.29, 0.717) is 31.9 Å². The van der Waals surface area contributed by atoms with Crippen LogP contribution in [0.4, 0.5) is 0 Å². The Bertz CT molecular complexity index is 1320. The number of nitrogens with one attached hydrogen (secondary N) is 2. The summed E-state index contributed by atoms with van der Waals surface area (Å²) in [5.74, 6) is 0.733. The number of likely N-dealkylation sites (N-methyl/N-ethyl adjacent to an activating group) is 1. The molecule has 2 atom stereocenters. The number of nitrogens with zero attached hydrogens (tertiary/aromatic N) is 1. The predicted octanol–water partition coefficient (Wildman–Crippen LogP) is 7.05. The summed E-state index contributed by atoms with van der Waals surface area (Å²) in [4.78, 5) is 29.5. The third kappa shape index (κ3) is 11.5. The Morgan fingerprint density at radius 1 is 0.773 bits per heavy atom. The first kappa shape index (κ1) is 34.8. The highest BCUT2D eigenvalue weighted by atomic mass is 16.5. The largest absolute Gasteiger partial charge is 0.489 e. The summed E-state index contributed by atoms with van der Waals surface area (Å²) >= 11 is 0. The highest BCUT2D eigenvalue weighted by molar-refractivity contribution is 5.90. The first-order chi connectivity index (χ1) is 20.6. The Kier molecular flexibility index (Phi) is 12.2. The van der Waals surface area contributed by atoms with Crippen LogP contribution in [0.1, 0.15) is 84.1 Å². The number of carbonyl (C=O) groups excluding carboxylic acids is 2. The smallest absolute Gasteiger partial charge is 0.243 e. The summed E-state index contributed by atoms with van der Waals surface area (Å²) in [7, 11) is 1.99. The van der Waals surface area contributed by atoms with Gasteiger partial charge in [-0.3, -0.25) is 14.5 Å². The fourth-order valence-electron chi connectivity index (χ4n) is 5.07. The monoisotopic (exact) mass is 599 g/mol. The average Bonchev–Trinajstić information content (AvgIpc) is 2.94. The Labute approximate surface area is 265 Å². The highest BCUT2D eigenvalue weighted by Crippen LogP contribution is 2.23. The van der Waals surface area contributed by atoms with Crippen molar-refractivity contribution >= 4 is 11.8 Å². The van der Waals surface area contributed by atoms with E-state index in [1.807, 2.05) is 82.4 Å². The second-order valence-corrected chi connectivity index (χ2v) is 14.4. The van der Waals surface area contributed by atoms with E-state index >= 15 is 0 Å². The molecular weight excluding hydrogens is 546 g/mol. The normalized spacial score (nSPS) is 13.4. The molecule has 3 rings (SSSR count). The van der Waals surface area contributed by atoms with Crippen molar-refractivity contribution in [2.75, 3.05) is 7.05 Å². The van der Waals surface area contributed by atoms with E-state index in [2.05, 4.69) is 74.4 Å². The minimum atomic E-state index is -0.716. The minimum Gasteiger partial charge on any atom is -0.489 e. The van der Waals surface area contributed by atoms with Gasteiger partial charge < -0.3 is 15.4 Å². The molecule has 0 aliphatic carbocycles. The van der Waals surface area contributed by atoms with Crippen molar-refractivity contribution in [2.45, 2.75) is 104 Å². The molecule has 0 saturated heterocycles. The summed E-state index contributed by atoms with van der Waals surface area (Å²) in [6, 6.07) is 25.3. The van der Waals surface area contributed by atoms with E-state index in [1.54, 1.807) is 0 Å². The van der Waals surface area contributed by atoms with Crippen LogP contribution in [0.3, 0.4) is 0 Å². The Hall–Kier alpha value is -3.64.